The molecule has 1 amide bonds. The van der Waals surface area contributed by atoms with Crippen molar-refractivity contribution in [2.75, 3.05) is 5.32 Å². The van der Waals surface area contributed by atoms with E-state index in [0.29, 0.717) is 16.7 Å². The van der Waals surface area contributed by atoms with Crippen LogP contribution in [0.5, 0.6) is 0 Å². The van der Waals surface area contributed by atoms with Gasteiger partial charge in [0.1, 0.15) is 5.65 Å². The van der Waals surface area contributed by atoms with Gasteiger partial charge in [0.25, 0.3) is 0 Å². The molecule has 2 aromatic heterocycles. The highest BCUT2D eigenvalue weighted by atomic mass is 19.4. The lowest BCUT2D eigenvalue weighted by molar-refractivity contribution is -0.167. The molecule has 5 rings (SSSR count). The zero-order chi connectivity index (χ0) is 23.9. The lowest BCUT2D eigenvalue weighted by atomic mass is 10.0. The van der Waals surface area contributed by atoms with E-state index in [1.54, 1.807) is 48.5 Å². The van der Waals surface area contributed by atoms with E-state index < -0.39 is 12.1 Å². The number of alkyl halides is 3. The van der Waals surface area contributed by atoms with Crippen LogP contribution < -0.4 is 5.32 Å². The highest BCUT2D eigenvalue weighted by Crippen LogP contribution is 2.33. The van der Waals surface area contributed by atoms with Gasteiger partial charge in [-0.25, -0.2) is 4.98 Å². The number of halogens is 3. The van der Waals surface area contributed by atoms with Crippen molar-refractivity contribution in [3.05, 3.63) is 102 Å². The molecule has 5 aromatic rings. The van der Waals surface area contributed by atoms with Gasteiger partial charge in [0.2, 0.25) is 0 Å². The second-order valence-corrected chi connectivity index (χ2v) is 7.66. The Morgan fingerprint density at radius 3 is 2.24 bits per heavy atom. The summed E-state index contributed by atoms with van der Waals surface area (Å²) in [7, 11) is 0. The summed E-state index contributed by atoms with van der Waals surface area (Å²) < 4.78 is 40.5. The molecule has 1 N–H and O–H groups in total. The number of nitrogens with zero attached hydrogens (tertiary/aromatic N) is 2. The first-order valence-corrected chi connectivity index (χ1v) is 10.3. The molecule has 34 heavy (non-hydrogen) atoms. The summed E-state index contributed by atoms with van der Waals surface area (Å²) in [5.74, 6) is -2.62. The number of rotatable bonds is 4. The lowest BCUT2D eigenvalue weighted by Crippen LogP contribution is -2.30. The van der Waals surface area contributed by atoms with Gasteiger partial charge >= 0.3 is 12.1 Å². The Balaban J connectivity index is 1.70. The van der Waals surface area contributed by atoms with Crippen molar-refractivity contribution >= 4 is 33.9 Å². The Hall–Kier alpha value is -4.46. The Kier molecular flexibility index (Phi) is 5.13. The average Bonchev–Trinajstić information content (AvgIpc) is 3.20. The molecule has 168 valence electrons. The van der Waals surface area contributed by atoms with Crippen molar-refractivity contribution in [2.45, 2.75) is 6.18 Å². The minimum atomic E-state index is -5.08. The maximum atomic E-state index is 13.0. The van der Waals surface area contributed by atoms with Gasteiger partial charge in [-0.1, -0.05) is 66.7 Å². The summed E-state index contributed by atoms with van der Waals surface area (Å²) in [6.07, 6.45) is -3.56. The third kappa shape index (κ3) is 3.90. The Morgan fingerprint density at radius 1 is 0.794 bits per heavy atom. The molecule has 0 fully saturated rings. The zero-order valence-corrected chi connectivity index (χ0v) is 17.5. The van der Waals surface area contributed by atoms with E-state index in [1.165, 1.54) is 16.7 Å². The number of ketones is 1. The van der Waals surface area contributed by atoms with E-state index >= 15 is 0 Å². The number of hydrogen-bond acceptors (Lipinski definition) is 3. The van der Waals surface area contributed by atoms with Crippen molar-refractivity contribution < 1.29 is 22.8 Å². The molecule has 5 nitrogen and oxygen atoms in total. The van der Waals surface area contributed by atoms with Crippen LogP contribution in [-0.4, -0.2) is 27.3 Å². The molecule has 0 saturated carbocycles. The first-order chi connectivity index (χ1) is 16.3. The molecule has 0 saturated heterocycles. The maximum Gasteiger partial charge on any atom is 0.471 e. The predicted octanol–water partition coefficient (Wildman–Crippen LogP) is 5.89. The van der Waals surface area contributed by atoms with E-state index in [1.807, 2.05) is 35.6 Å². The first-order valence-electron chi connectivity index (χ1n) is 10.3. The van der Waals surface area contributed by atoms with Crippen LogP contribution in [0.4, 0.5) is 19.0 Å². The summed E-state index contributed by atoms with van der Waals surface area (Å²) in [5, 5.41) is 3.69. The van der Waals surface area contributed by atoms with Crippen LogP contribution in [0.25, 0.3) is 27.7 Å². The molecule has 0 radical (unpaired) electrons. The largest absolute Gasteiger partial charge is 0.471 e. The van der Waals surface area contributed by atoms with Crippen LogP contribution >= 0.6 is 0 Å². The molecule has 2 heterocycles. The van der Waals surface area contributed by atoms with Crippen LogP contribution in [0.15, 0.2) is 91.1 Å². The summed E-state index contributed by atoms with van der Waals surface area (Å²) in [5.41, 5.74) is 1.85. The summed E-state index contributed by atoms with van der Waals surface area (Å²) in [6.45, 7) is 0. The van der Waals surface area contributed by atoms with Crippen molar-refractivity contribution in [3.63, 3.8) is 0 Å². The SMILES string of the molecule is O=C(c1ccccc1)c1ccc2nc(NC(=O)C(F)(F)F)c(-c3ccc4ccccc4c3)n2c1. The molecular formula is C26H16F3N3O2. The topological polar surface area (TPSA) is 63.5 Å². The van der Waals surface area contributed by atoms with E-state index in [-0.39, 0.29) is 22.9 Å². The summed E-state index contributed by atoms with van der Waals surface area (Å²) in [6, 6.07) is 24.6. The molecule has 0 aliphatic heterocycles. The molecule has 0 atom stereocenters. The van der Waals surface area contributed by atoms with E-state index in [4.69, 9.17) is 0 Å². The Labute approximate surface area is 191 Å². The Morgan fingerprint density at radius 2 is 1.50 bits per heavy atom. The van der Waals surface area contributed by atoms with Gasteiger partial charge in [-0.2, -0.15) is 13.2 Å². The fraction of sp³-hybridized carbons (Fsp3) is 0.0385. The number of fused-ring (bicyclic) bond motifs is 2. The quantitative estimate of drug-likeness (QED) is 0.341. The van der Waals surface area contributed by atoms with Gasteiger partial charge in [0, 0.05) is 22.9 Å². The van der Waals surface area contributed by atoms with Crippen molar-refractivity contribution in [3.8, 4) is 11.3 Å². The zero-order valence-electron chi connectivity index (χ0n) is 17.5. The number of benzene rings is 3. The smallest absolute Gasteiger partial charge is 0.301 e. The molecule has 0 aliphatic carbocycles. The van der Waals surface area contributed by atoms with E-state index in [9.17, 15) is 22.8 Å². The van der Waals surface area contributed by atoms with Gasteiger partial charge in [0.15, 0.2) is 11.6 Å². The normalized spacial score (nSPS) is 11.6. The third-order valence-electron chi connectivity index (χ3n) is 5.43. The van der Waals surface area contributed by atoms with Crippen LogP contribution in [0.2, 0.25) is 0 Å². The number of amides is 1. The number of anilines is 1. The van der Waals surface area contributed by atoms with Gasteiger partial charge in [-0.3, -0.25) is 14.0 Å². The van der Waals surface area contributed by atoms with Crippen LogP contribution in [0, 0.1) is 0 Å². The minimum Gasteiger partial charge on any atom is -0.301 e. The predicted molar refractivity (Wildman–Crippen MR) is 123 cm³/mol. The number of nitrogens with one attached hydrogen (secondary N) is 1. The minimum absolute atomic E-state index is 0.237. The Bertz CT molecular complexity index is 1560. The number of aromatic nitrogens is 2. The van der Waals surface area contributed by atoms with Gasteiger partial charge in [0.05, 0.1) is 5.69 Å². The molecule has 8 heteroatoms. The first kappa shape index (κ1) is 21.4. The number of hydrogen-bond donors (Lipinski definition) is 1. The number of carbonyl (C=O) groups excluding carboxylic acids is 2. The molecule has 0 unspecified atom stereocenters. The average molecular weight is 459 g/mol. The van der Waals surface area contributed by atoms with Gasteiger partial charge in [-0.05, 0) is 29.0 Å². The highest BCUT2D eigenvalue weighted by Gasteiger charge is 2.39. The summed E-state index contributed by atoms with van der Waals surface area (Å²) in [4.78, 5) is 28.9. The van der Waals surface area contributed by atoms with Crippen LogP contribution in [0.3, 0.4) is 0 Å². The second-order valence-electron chi connectivity index (χ2n) is 7.66. The molecular weight excluding hydrogens is 443 g/mol. The van der Waals surface area contributed by atoms with Crippen LogP contribution in [-0.2, 0) is 4.79 Å². The maximum absolute atomic E-state index is 13.0. The monoisotopic (exact) mass is 459 g/mol. The fourth-order valence-corrected chi connectivity index (χ4v) is 3.81. The molecule has 0 spiro atoms. The standard InChI is InChI=1S/C26H16F3N3O2/c27-26(28,29)25(34)31-24-22(19-11-10-16-6-4-5-9-18(16)14-19)32-15-20(12-13-21(32)30-24)23(33)17-7-2-1-3-8-17/h1-15H,(H,31,34). The molecule has 0 aliphatic rings. The number of pyridine rings is 1. The summed E-state index contributed by atoms with van der Waals surface area (Å²) >= 11 is 0. The van der Waals surface area contributed by atoms with Crippen LogP contribution in [0.1, 0.15) is 15.9 Å². The van der Waals surface area contributed by atoms with Crippen molar-refractivity contribution in [2.24, 2.45) is 0 Å². The van der Waals surface area contributed by atoms with Crippen molar-refractivity contribution in [1.82, 2.24) is 9.38 Å². The highest BCUT2D eigenvalue weighted by molar-refractivity contribution is 6.09. The number of carbonyl (C=O) groups is 2. The second kappa shape index (κ2) is 8.15. The fourth-order valence-electron chi connectivity index (χ4n) is 3.81. The molecule has 3 aromatic carbocycles. The molecule has 0 bridgehead atoms. The lowest BCUT2D eigenvalue weighted by Gasteiger charge is -2.10. The van der Waals surface area contributed by atoms with Gasteiger partial charge in [-0.15, -0.1) is 0 Å². The number of imidazole rings is 1. The van der Waals surface area contributed by atoms with Gasteiger partial charge < -0.3 is 5.32 Å². The van der Waals surface area contributed by atoms with E-state index in [2.05, 4.69) is 4.98 Å². The third-order valence-corrected chi connectivity index (χ3v) is 5.43. The van der Waals surface area contributed by atoms with Crippen molar-refractivity contribution in [1.29, 1.82) is 0 Å². The van der Waals surface area contributed by atoms with E-state index in [0.717, 1.165) is 10.8 Å².